The van der Waals surface area contributed by atoms with Crippen LogP contribution in [0.1, 0.15) is 25.0 Å². The van der Waals surface area contributed by atoms with E-state index >= 15 is 0 Å². The van der Waals surface area contributed by atoms with E-state index in [0.717, 1.165) is 31.9 Å². The van der Waals surface area contributed by atoms with Crippen LogP contribution in [-0.2, 0) is 11.3 Å². The third kappa shape index (κ3) is 4.02. The Hall–Kier alpha value is -1.06. The van der Waals surface area contributed by atoms with Gasteiger partial charge in [-0.2, -0.15) is 0 Å². The monoisotopic (exact) mass is 237 g/mol. The van der Waals surface area contributed by atoms with Crippen LogP contribution in [0.3, 0.4) is 0 Å². The SMILES string of the molecule is CCOCCN(CC)c1ccc(CO)cc1C. The van der Waals surface area contributed by atoms with Crippen molar-refractivity contribution in [3.05, 3.63) is 29.3 Å². The van der Waals surface area contributed by atoms with E-state index in [1.54, 1.807) is 0 Å². The topological polar surface area (TPSA) is 32.7 Å². The molecule has 0 unspecified atom stereocenters. The van der Waals surface area contributed by atoms with Gasteiger partial charge in [-0.05, 0) is 38.0 Å². The third-order valence-electron chi connectivity index (χ3n) is 2.88. The minimum absolute atomic E-state index is 0.103. The van der Waals surface area contributed by atoms with Crippen molar-refractivity contribution in [1.82, 2.24) is 0 Å². The molecule has 3 nitrogen and oxygen atoms in total. The van der Waals surface area contributed by atoms with Crippen LogP contribution in [0.4, 0.5) is 5.69 Å². The Morgan fingerprint density at radius 3 is 2.59 bits per heavy atom. The fourth-order valence-electron chi connectivity index (χ4n) is 1.94. The van der Waals surface area contributed by atoms with Gasteiger partial charge in [0.2, 0.25) is 0 Å². The molecule has 1 N–H and O–H groups in total. The first kappa shape index (κ1) is 14.0. The number of hydrogen-bond donors (Lipinski definition) is 1. The summed E-state index contributed by atoms with van der Waals surface area (Å²) < 4.78 is 5.39. The summed E-state index contributed by atoms with van der Waals surface area (Å²) in [6.07, 6.45) is 0. The number of anilines is 1. The summed E-state index contributed by atoms with van der Waals surface area (Å²) in [6.45, 7) is 9.73. The Morgan fingerprint density at radius 2 is 2.06 bits per heavy atom. The Balaban J connectivity index is 2.73. The molecule has 0 aromatic heterocycles. The van der Waals surface area contributed by atoms with Crippen molar-refractivity contribution in [2.45, 2.75) is 27.4 Å². The van der Waals surface area contributed by atoms with Crippen molar-refractivity contribution >= 4 is 5.69 Å². The van der Waals surface area contributed by atoms with Gasteiger partial charge in [0, 0.05) is 25.4 Å². The smallest absolute Gasteiger partial charge is 0.0681 e. The van der Waals surface area contributed by atoms with E-state index in [1.807, 2.05) is 19.1 Å². The van der Waals surface area contributed by atoms with Gasteiger partial charge >= 0.3 is 0 Å². The number of aliphatic hydroxyl groups excluding tert-OH is 1. The number of aryl methyl sites for hydroxylation is 1. The van der Waals surface area contributed by atoms with Crippen LogP contribution in [0.25, 0.3) is 0 Å². The fraction of sp³-hybridized carbons (Fsp3) is 0.571. The molecule has 1 aromatic carbocycles. The Labute approximate surface area is 104 Å². The highest BCUT2D eigenvalue weighted by Gasteiger charge is 2.07. The van der Waals surface area contributed by atoms with E-state index < -0.39 is 0 Å². The zero-order chi connectivity index (χ0) is 12.7. The molecule has 0 aliphatic carbocycles. The van der Waals surface area contributed by atoms with Crippen LogP contribution in [-0.4, -0.2) is 31.4 Å². The first-order valence-corrected chi connectivity index (χ1v) is 6.26. The zero-order valence-electron chi connectivity index (χ0n) is 11.1. The minimum Gasteiger partial charge on any atom is -0.392 e. The maximum atomic E-state index is 9.09. The van der Waals surface area contributed by atoms with Gasteiger partial charge in [0.05, 0.1) is 13.2 Å². The van der Waals surface area contributed by atoms with E-state index in [-0.39, 0.29) is 6.61 Å². The van der Waals surface area contributed by atoms with Crippen molar-refractivity contribution < 1.29 is 9.84 Å². The van der Waals surface area contributed by atoms with Gasteiger partial charge in [-0.25, -0.2) is 0 Å². The van der Waals surface area contributed by atoms with Gasteiger partial charge in [-0.3, -0.25) is 0 Å². The first-order valence-electron chi connectivity index (χ1n) is 6.26. The molecule has 0 aliphatic rings. The van der Waals surface area contributed by atoms with Crippen molar-refractivity contribution in [3.63, 3.8) is 0 Å². The van der Waals surface area contributed by atoms with E-state index in [0.29, 0.717) is 0 Å². The first-order chi connectivity index (χ1) is 8.22. The predicted molar refractivity (Wildman–Crippen MR) is 71.5 cm³/mol. The molecule has 96 valence electrons. The molecule has 0 heterocycles. The van der Waals surface area contributed by atoms with Gasteiger partial charge in [0.15, 0.2) is 0 Å². The van der Waals surface area contributed by atoms with Gasteiger partial charge in [-0.1, -0.05) is 12.1 Å². The molecule has 1 aromatic rings. The van der Waals surface area contributed by atoms with Gasteiger partial charge in [0.1, 0.15) is 0 Å². The molecule has 0 atom stereocenters. The molecule has 0 amide bonds. The van der Waals surface area contributed by atoms with Gasteiger partial charge in [0.25, 0.3) is 0 Å². The van der Waals surface area contributed by atoms with Crippen LogP contribution in [0.2, 0.25) is 0 Å². The molecule has 3 heteroatoms. The summed E-state index contributed by atoms with van der Waals surface area (Å²) in [5, 5.41) is 9.09. The van der Waals surface area contributed by atoms with Gasteiger partial charge in [-0.15, -0.1) is 0 Å². The zero-order valence-corrected chi connectivity index (χ0v) is 11.1. The second-order valence-corrected chi connectivity index (χ2v) is 4.06. The van der Waals surface area contributed by atoms with Crippen molar-refractivity contribution in [2.75, 3.05) is 31.2 Å². The molecule has 1 rings (SSSR count). The summed E-state index contributed by atoms with van der Waals surface area (Å²) in [4.78, 5) is 2.30. The van der Waals surface area contributed by atoms with Crippen LogP contribution < -0.4 is 4.90 Å². The molecule has 0 fully saturated rings. The molecule has 0 spiro atoms. The van der Waals surface area contributed by atoms with E-state index in [1.165, 1.54) is 11.3 Å². The average Bonchev–Trinajstić information content (AvgIpc) is 2.35. The Morgan fingerprint density at radius 1 is 1.29 bits per heavy atom. The molecule has 0 bridgehead atoms. The third-order valence-corrected chi connectivity index (χ3v) is 2.88. The van der Waals surface area contributed by atoms with E-state index in [9.17, 15) is 0 Å². The Kier molecular flexibility index (Phi) is 6.01. The van der Waals surface area contributed by atoms with Crippen molar-refractivity contribution in [3.8, 4) is 0 Å². The van der Waals surface area contributed by atoms with Crippen LogP contribution >= 0.6 is 0 Å². The molecule has 0 radical (unpaired) electrons. The summed E-state index contributed by atoms with van der Waals surface area (Å²) in [7, 11) is 0. The average molecular weight is 237 g/mol. The second kappa shape index (κ2) is 7.30. The lowest BCUT2D eigenvalue weighted by atomic mass is 10.1. The lowest BCUT2D eigenvalue weighted by Crippen LogP contribution is -2.27. The fourth-order valence-corrected chi connectivity index (χ4v) is 1.94. The maximum Gasteiger partial charge on any atom is 0.0681 e. The lowest BCUT2D eigenvalue weighted by molar-refractivity contribution is 0.154. The van der Waals surface area contributed by atoms with E-state index in [4.69, 9.17) is 9.84 Å². The minimum atomic E-state index is 0.103. The highest BCUT2D eigenvalue weighted by atomic mass is 16.5. The summed E-state index contributed by atoms with van der Waals surface area (Å²) in [6, 6.07) is 6.10. The van der Waals surface area contributed by atoms with Crippen LogP contribution in [0.5, 0.6) is 0 Å². The number of hydrogen-bond acceptors (Lipinski definition) is 3. The molecule has 0 aliphatic heterocycles. The highest BCUT2D eigenvalue weighted by Crippen LogP contribution is 2.21. The second-order valence-electron chi connectivity index (χ2n) is 4.06. The van der Waals surface area contributed by atoms with Crippen molar-refractivity contribution in [2.24, 2.45) is 0 Å². The maximum absolute atomic E-state index is 9.09. The number of ether oxygens (including phenoxy) is 1. The lowest BCUT2D eigenvalue weighted by Gasteiger charge is -2.25. The number of rotatable bonds is 7. The quantitative estimate of drug-likeness (QED) is 0.739. The van der Waals surface area contributed by atoms with Crippen LogP contribution in [0.15, 0.2) is 18.2 Å². The summed E-state index contributed by atoms with van der Waals surface area (Å²) in [5.74, 6) is 0. The Bertz CT molecular complexity index is 339. The molecule has 0 saturated carbocycles. The number of likely N-dealkylation sites (N-methyl/N-ethyl adjacent to an activating group) is 1. The largest absolute Gasteiger partial charge is 0.392 e. The van der Waals surface area contributed by atoms with Gasteiger partial charge < -0.3 is 14.7 Å². The molecular formula is C14H23NO2. The molecular weight excluding hydrogens is 214 g/mol. The number of nitrogens with zero attached hydrogens (tertiary/aromatic N) is 1. The van der Waals surface area contributed by atoms with Crippen LogP contribution in [0, 0.1) is 6.92 Å². The number of aliphatic hydroxyl groups is 1. The van der Waals surface area contributed by atoms with Crippen molar-refractivity contribution in [1.29, 1.82) is 0 Å². The standard InChI is InChI=1S/C14H23NO2/c1-4-15(8-9-17-5-2)14-7-6-13(11-16)10-12(14)3/h6-7,10,16H,4-5,8-9,11H2,1-3H3. The molecule has 0 saturated heterocycles. The molecule has 17 heavy (non-hydrogen) atoms. The normalized spacial score (nSPS) is 10.6. The summed E-state index contributed by atoms with van der Waals surface area (Å²) >= 11 is 0. The van der Waals surface area contributed by atoms with E-state index in [2.05, 4.69) is 24.8 Å². The highest BCUT2D eigenvalue weighted by molar-refractivity contribution is 5.54. The number of benzene rings is 1. The predicted octanol–water partition coefficient (Wildman–Crippen LogP) is 2.35. The summed E-state index contributed by atoms with van der Waals surface area (Å²) in [5.41, 5.74) is 3.39.